The number of anilines is 2. The van der Waals surface area contributed by atoms with Crippen molar-refractivity contribution in [3.8, 4) is 0 Å². The van der Waals surface area contributed by atoms with E-state index in [0.29, 0.717) is 6.54 Å². The summed E-state index contributed by atoms with van der Waals surface area (Å²) in [6.45, 7) is 5.10. The van der Waals surface area contributed by atoms with Gasteiger partial charge in [-0.3, -0.25) is 4.79 Å². The molecule has 0 aliphatic carbocycles. The monoisotopic (exact) mass is 369 g/mol. The predicted octanol–water partition coefficient (Wildman–Crippen LogP) is 3.71. The maximum absolute atomic E-state index is 12.1. The van der Waals surface area contributed by atoms with E-state index < -0.39 is 11.9 Å². The van der Waals surface area contributed by atoms with Gasteiger partial charge in [-0.1, -0.05) is 37.3 Å². The third kappa shape index (κ3) is 5.74. The molecule has 2 rings (SSSR count). The van der Waals surface area contributed by atoms with Crippen LogP contribution in [-0.4, -0.2) is 42.1 Å². The molecule has 6 nitrogen and oxygen atoms in total. The number of rotatable bonds is 8. The SMILES string of the molecule is CCN(c1ccccc1)c1ccc(CNC(=O)N(C)CC(C)C(=O)O)cc1. The van der Waals surface area contributed by atoms with E-state index in [4.69, 9.17) is 5.11 Å². The molecule has 2 N–H and O–H groups in total. The number of aliphatic carboxylic acids is 1. The molecule has 0 spiro atoms. The fourth-order valence-corrected chi connectivity index (χ4v) is 2.80. The molecule has 6 heteroatoms. The number of nitrogens with one attached hydrogen (secondary N) is 1. The van der Waals surface area contributed by atoms with Crippen LogP contribution in [0.1, 0.15) is 19.4 Å². The quantitative estimate of drug-likeness (QED) is 0.744. The van der Waals surface area contributed by atoms with Crippen LogP contribution in [0.25, 0.3) is 0 Å². The number of amides is 2. The minimum atomic E-state index is -0.913. The zero-order chi connectivity index (χ0) is 19.8. The number of carbonyl (C=O) groups is 2. The Morgan fingerprint density at radius 2 is 1.63 bits per heavy atom. The average molecular weight is 369 g/mol. The second-order valence-corrected chi connectivity index (χ2v) is 6.52. The van der Waals surface area contributed by atoms with Gasteiger partial charge in [-0.05, 0) is 36.8 Å². The lowest BCUT2D eigenvalue weighted by molar-refractivity contribution is -0.141. The van der Waals surface area contributed by atoms with Gasteiger partial charge >= 0.3 is 12.0 Å². The van der Waals surface area contributed by atoms with Crippen LogP contribution in [-0.2, 0) is 11.3 Å². The molecule has 0 aromatic heterocycles. The fraction of sp³-hybridized carbons (Fsp3) is 0.333. The van der Waals surface area contributed by atoms with Gasteiger partial charge in [0, 0.05) is 38.1 Å². The highest BCUT2D eigenvalue weighted by Crippen LogP contribution is 2.24. The van der Waals surface area contributed by atoms with Gasteiger partial charge in [0.15, 0.2) is 0 Å². The maximum atomic E-state index is 12.1. The van der Waals surface area contributed by atoms with Crippen LogP contribution < -0.4 is 10.2 Å². The molecule has 0 radical (unpaired) electrons. The molecular formula is C21H27N3O3. The Bertz CT molecular complexity index is 747. The molecule has 0 aliphatic rings. The first-order chi connectivity index (χ1) is 12.9. The van der Waals surface area contributed by atoms with E-state index in [-0.39, 0.29) is 12.6 Å². The number of urea groups is 1. The number of carbonyl (C=O) groups excluding carboxylic acids is 1. The van der Waals surface area contributed by atoms with Crippen molar-refractivity contribution in [2.75, 3.05) is 25.0 Å². The van der Waals surface area contributed by atoms with Crippen molar-refractivity contribution >= 4 is 23.4 Å². The third-order valence-electron chi connectivity index (χ3n) is 4.39. The van der Waals surface area contributed by atoms with E-state index in [9.17, 15) is 9.59 Å². The Morgan fingerprint density at radius 1 is 1.04 bits per heavy atom. The highest BCUT2D eigenvalue weighted by molar-refractivity contribution is 5.75. The Hall–Kier alpha value is -3.02. The smallest absolute Gasteiger partial charge is 0.317 e. The molecule has 0 heterocycles. The summed E-state index contributed by atoms with van der Waals surface area (Å²) in [5, 5.41) is 11.7. The molecular weight excluding hydrogens is 342 g/mol. The van der Waals surface area contributed by atoms with Crippen molar-refractivity contribution in [3.05, 3.63) is 60.2 Å². The van der Waals surface area contributed by atoms with Gasteiger partial charge in [0.2, 0.25) is 0 Å². The van der Waals surface area contributed by atoms with Crippen molar-refractivity contribution in [3.63, 3.8) is 0 Å². The van der Waals surface area contributed by atoms with Crippen LogP contribution in [0.3, 0.4) is 0 Å². The number of carboxylic acids is 1. The molecule has 0 aliphatic heterocycles. The van der Waals surface area contributed by atoms with Crippen molar-refractivity contribution in [1.82, 2.24) is 10.2 Å². The summed E-state index contributed by atoms with van der Waals surface area (Å²) in [5.74, 6) is -1.51. The fourth-order valence-electron chi connectivity index (χ4n) is 2.80. The molecule has 0 saturated heterocycles. The highest BCUT2D eigenvalue weighted by Gasteiger charge is 2.17. The summed E-state index contributed by atoms with van der Waals surface area (Å²) in [5.41, 5.74) is 3.21. The molecule has 2 amide bonds. The van der Waals surface area contributed by atoms with E-state index in [1.165, 1.54) is 4.90 Å². The minimum Gasteiger partial charge on any atom is -0.481 e. The van der Waals surface area contributed by atoms with Crippen molar-refractivity contribution in [2.45, 2.75) is 20.4 Å². The summed E-state index contributed by atoms with van der Waals surface area (Å²) in [6, 6.07) is 17.9. The molecule has 2 aromatic carbocycles. The van der Waals surface area contributed by atoms with E-state index in [2.05, 4.69) is 29.3 Å². The largest absolute Gasteiger partial charge is 0.481 e. The predicted molar refractivity (Wildman–Crippen MR) is 107 cm³/mol. The molecule has 1 unspecified atom stereocenters. The van der Waals surface area contributed by atoms with Crippen LogP contribution in [0.5, 0.6) is 0 Å². The lowest BCUT2D eigenvalue weighted by atomic mass is 10.1. The Balaban J connectivity index is 1.93. The molecule has 0 bridgehead atoms. The molecule has 0 saturated carbocycles. The van der Waals surface area contributed by atoms with E-state index in [1.807, 2.05) is 42.5 Å². The minimum absolute atomic E-state index is 0.169. The third-order valence-corrected chi connectivity index (χ3v) is 4.39. The van der Waals surface area contributed by atoms with E-state index in [0.717, 1.165) is 23.5 Å². The lowest BCUT2D eigenvalue weighted by Crippen LogP contribution is -2.40. The first-order valence-electron chi connectivity index (χ1n) is 9.05. The first-order valence-corrected chi connectivity index (χ1v) is 9.05. The number of para-hydroxylation sites is 1. The van der Waals surface area contributed by atoms with Crippen LogP contribution in [0, 0.1) is 5.92 Å². The van der Waals surface area contributed by atoms with Crippen LogP contribution >= 0.6 is 0 Å². The van der Waals surface area contributed by atoms with E-state index in [1.54, 1.807) is 14.0 Å². The van der Waals surface area contributed by atoms with Gasteiger partial charge in [-0.25, -0.2) is 4.79 Å². The summed E-state index contributed by atoms with van der Waals surface area (Å²) in [6.07, 6.45) is 0. The normalized spacial score (nSPS) is 11.5. The van der Waals surface area contributed by atoms with Crippen molar-refractivity contribution in [2.24, 2.45) is 5.92 Å². The first kappa shape index (κ1) is 20.3. The van der Waals surface area contributed by atoms with Crippen LogP contribution in [0.4, 0.5) is 16.2 Å². The Labute approximate surface area is 160 Å². The average Bonchev–Trinajstić information content (AvgIpc) is 2.68. The Morgan fingerprint density at radius 3 is 2.19 bits per heavy atom. The number of benzene rings is 2. The number of nitrogens with zero attached hydrogens (tertiary/aromatic N) is 2. The standard InChI is InChI=1S/C21H27N3O3/c1-4-24(18-8-6-5-7-9-18)19-12-10-17(11-13-19)14-22-21(27)23(3)15-16(2)20(25)26/h5-13,16H,4,14-15H2,1-3H3,(H,22,27)(H,25,26). The zero-order valence-corrected chi connectivity index (χ0v) is 16.1. The molecule has 2 aromatic rings. The summed E-state index contributed by atoms with van der Waals surface area (Å²) < 4.78 is 0. The van der Waals surface area contributed by atoms with Crippen molar-refractivity contribution < 1.29 is 14.7 Å². The molecule has 27 heavy (non-hydrogen) atoms. The topological polar surface area (TPSA) is 72.9 Å². The maximum Gasteiger partial charge on any atom is 0.317 e. The van der Waals surface area contributed by atoms with Gasteiger partial charge in [0.1, 0.15) is 0 Å². The molecule has 1 atom stereocenters. The highest BCUT2D eigenvalue weighted by atomic mass is 16.4. The summed E-state index contributed by atoms with van der Waals surface area (Å²) in [7, 11) is 1.59. The molecule has 0 fully saturated rings. The summed E-state index contributed by atoms with van der Waals surface area (Å²) in [4.78, 5) is 26.6. The summed E-state index contributed by atoms with van der Waals surface area (Å²) >= 11 is 0. The second-order valence-electron chi connectivity index (χ2n) is 6.52. The van der Waals surface area contributed by atoms with Crippen LogP contribution in [0.2, 0.25) is 0 Å². The molecule has 144 valence electrons. The zero-order valence-electron chi connectivity index (χ0n) is 16.1. The van der Waals surface area contributed by atoms with Gasteiger partial charge in [-0.15, -0.1) is 0 Å². The van der Waals surface area contributed by atoms with E-state index >= 15 is 0 Å². The van der Waals surface area contributed by atoms with Gasteiger partial charge in [0.25, 0.3) is 0 Å². The van der Waals surface area contributed by atoms with Gasteiger partial charge in [-0.2, -0.15) is 0 Å². The van der Waals surface area contributed by atoms with Gasteiger partial charge < -0.3 is 20.2 Å². The number of hydrogen-bond donors (Lipinski definition) is 2. The number of hydrogen-bond acceptors (Lipinski definition) is 3. The van der Waals surface area contributed by atoms with Crippen LogP contribution in [0.15, 0.2) is 54.6 Å². The lowest BCUT2D eigenvalue weighted by Gasteiger charge is -2.23. The Kier molecular flexibility index (Phi) is 7.23. The van der Waals surface area contributed by atoms with Crippen molar-refractivity contribution in [1.29, 1.82) is 0 Å². The number of carboxylic acid groups (broad SMARTS) is 1. The second kappa shape index (κ2) is 9.62. The van der Waals surface area contributed by atoms with Gasteiger partial charge in [0.05, 0.1) is 5.92 Å².